The van der Waals surface area contributed by atoms with E-state index in [4.69, 9.17) is 0 Å². The minimum atomic E-state index is -0.216. The Kier molecular flexibility index (Phi) is 4.57. The van der Waals surface area contributed by atoms with Gasteiger partial charge < -0.3 is 10.6 Å². The Balaban J connectivity index is 1.68. The van der Waals surface area contributed by atoms with Crippen molar-refractivity contribution in [2.45, 2.75) is 13.8 Å². The predicted molar refractivity (Wildman–Crippen MR) is 97.8 cm³/mol. The summed E-state index contributed by atoms with van der Waals surface area (Å²) in [5, 5.41) is 6.14. The van der Waals surface area contributed by atoms with Crippen LogP contribution in [-0.2, 0) is 0 Å². The van der Waals surface area contributed by atoms with E-state index >= 15 is 0 Å². The quantitative estimate of drug-likeness (QED) is 0.733. The average Bonchev–Trinajstić information content (AvgIpc) is 2.59. The fraction of sp³-hybridized carbons (Fsp3) is 0.100. The summed E-state index contributed by atoms with van der Waals surface area (Å²) in [4.78, 5) is 16.5. The first-order valence-electron chi connectivity index (χ1n) is 7.78. The highest BCUT2D eigenvalue weighted by Gasteiger charge is 2.08. The van der Waals surface area contributed by atoms with Crippen molar-refractivity contribution in [1.82, 2.24) is 4.98 Å². The number of hydrogen-bond acceptors (Lipinski definition) is 3. The summed E-state index contributed by atoms with van der Waals surface area (Å²) in [6, 6.07) is 19.3. The molecule has 0 aliphatic carbocycles. The zero-order valence-electron chi connectivity index (χ0n) is 13.7. The molecule has 2 aromatic carbocycles. The van der Waals surface area contributed by atoms with Crippen LogP contribution in [0.15, 0.2) is 66.9 Å². The number of anilines is 3. The molecule has 1 amide bonds. The molecule has 3 rings (SSSR count). The highest BCUT2D eigenvalue weighted by molar-refractivity contribution is 6.03. The lowest BCUT2D eigenvalue weighted by Gasteiger charge is -2.09. The molecule has 0 atom stereocenters. The number of carbonyl (C=O) groups excluding carboxylic acids is 1. The molecule has 4 heteroatoms. The number of aromatic nitrogens is 1. The van der Waals surface area contributed by atoms with Crippen LogP contribution in [0.2, 0.25) is 0 Å². The summed E-state index contributed by atoms with van der Waals surface area (Å²) in [5.41, 5.74) is 5.23. The summed E-state index contributed by atoms with van der Waals surface area (Å²) in [5.74, 6) is -0.216. The van der Waals surface area contributed by atoms with E-state index in [1.165, 1.54) is 5.56 Å². The van der Waals surface area contributed by atoms with Crippen LogP contribution in [0.5, 0.6) is 0 Å². The first-order chi connectivity index (χ1) is 11.6. The average molecular weight is 317 g/mol. The van der Waals surface area contributed by atoms with E-state index in [1.54, 1.807) is 12.3 Å². The highest BCUT2D eigenvalue weighted by atomic mass is 16.1. The minimum Gasteiger partial charge on any atom is -0.354 e. The predicted octanol–water partition coefficient (Wildman–Crippen LogP) is 4.69. The van der Waals surface area contributed by atoms with Crippen LogP contribution in [0.3, 0.4) is 0 Å². The number of nitrogens with one attached hydrogen (secondary N) is 2. The number of hydrogen-bond donors (Lipinski definition) is 2. The van der Waals surface area contributed by atoms with E-state index in [0.29, 0.717) is 5.69 Å². The van der Waals surface area contributed by atoms with Crippen molar-refractivity contribution in [1.29, 1.82) is 0 Å². The van der Waals surface area contributed by atoms with Crippen LogP contribution in [-0.4, -0.2) is 10.9 Å². The van der Waals surface area contributed by atoms with Gasteiger partial charge in [-0.3, -0.25) is 4.79 Å². The van der Waals surface area contributed by atoms with Gasteiger partial charge in [-0.05, 0) is 49.7 Å². The van der Waals surface area contributed by atoms with Crippen molar-refractivity contribution in [2.75, 3.05) is 10.6 Å². The molecule has 0 aliphatic rings. The molecule has 0 saturated heterocycles. The lowest BCUT2D eigenvalue weighted by Crippen LogP contribution is -2.14. The summed E-state index contributed by atoms with van der Waals surface area (Å²) >= 11 is 0. The Bertz CT molecular complexity index is 840. The van der Waals surface area contributed by atoms with Gasteiger partial charge in [-0.2, -0.15) is 0 Å². The molecule has 3 aromatic rings. The third-order valence-electron chi connectivity index (χ3n) is 3.73. The van der Waals surface area contributed by atoms with Gasteiger partial charge in [-0.25, -0.2) is 4.98 Å². The van der Waals surface area contributed by atoms with E-state index in [2.05, 4.69) is 15.6 Å². The summed E-state index contributed by atoms with van der Waals surface area (Å²) in [6.45, 7) is 4.00. The number of nitrogens with zero attached hydrogens (tertiary/aromatic N) is 1. The Hall–Kier alpha value is -3.14. The molecule has 0 bridgehead atoms. The van der Waals surface area contributed by atoms with Gasteiger partial charge in [0.1, 0.15) is 5.69 Å². The first-order valence-corrected chi connectivity index (χ1v) is 7.78. The number of amides is 1. The van der Waals surface area contributed by atoms with Crippen molar-refractivity contribution in [2.24, 2.45) is 0 Å². The van der Waals surface area contributed by atoms with E-state index < -0.39 is 0 Å². The molecular formula is C20H19N3O. The Morgan fingerprint density at radius 3 is 2.25 bits per heavy atom. The summed E-state index contributed by atoms with van der Waals surface area (Å²) < 4.78 is 0. The molecule has 24 heavy (non-hydrogen) atoms. The molecule has 2 N–H and O–H groups in total. The Labute approximate surface area is 141 Å². The van der Waals surface area contributed by atoms with Gasteiger partial charge in [0, 0.05) is 11.4 Å². The van der Waals surface area contributed by atoms with Crippen molar-refractivity contribution in [3.63, 3.8) is 0 Å². The second-order valence-electron chi connectivity index (χ2n) is 5.69. The summed E-state index contributed by atoms with van der Waals surface area (Å²) in [6.07, 6.45) is 1.66. The van der Waals surface area contributed by atoms with Crippen LogP contribution in [0.25, 0.3) is 0 Å². The molecule has 0 radical (unpaired) electrons. The van der Waals surface area contributed by atoms with Gasteiger partial charge in [0.15, 0.2) is 0 Å². The fourth-order valence-corrected chi connectivity index (χ4v) is 2.31. The topological polar surface area (TPSA) is 54.0 Å². The van der Waals surface area contributed by atoms with Crippen LogP contribution in [0.4, 0.5) is 17.1 Å². The Morgan fingerprint density at radius 2 is 1.58 bits per heavy atom. The summed E-state index contributed by atoms with van der Waals surface area (Å²) in [7, 11) is 0. The van der Waals surface area contributed by atoms with E-state index in [1.807, 2.05) is 68.4 Å². The normalized spacial score (nSPS) is 10.2. The first kappa shape index (κ1) is 15.7. The number of para-hydroxylation sites is 1. The lowest BCUT2D eigenvalue weighted by molar-refractivity contribution is 0.102. The number of carbonyl (C=O) groups is 1. The van der Waals surface area contributed by atoms with Crippen molar-refractivity contribution in [3.8, 4) is 0 Å². The molecule has 120 valence electrons. The number of aryl methyl sites for hydroxylation is 2. The SMILES string of the molecule is Cc1ccc(Nc2ccc(C(=O)Nc3ccccc3C)nc2)cc1. The maximum Gasteiger partial charge on any atom is 0.274 e. The zero-order chi connectivity index (χ0) is 16.9. The molecular weight excluding hydrogens is 298 g/mol. The number of pyridine rings is 1. The molecule has 0 saturated carbocycles. The van der Waals surface area contributed by atoms with Gasteiger partial charge in [0.05, 0.1) is 11.9 Å². The molecule has 4 nitrogen and oxygen atoms in total. The van der Waals surface area contributed by atoms with Crippen LogP contribution < -0.4 is 10.6 Å². The standard InChI is InChI=1S/C20H19N3O/c1-14-7-9-16(10-8-14)22-17-11-12-19(21-13-17)20(24)23-18-6-4-3-5-15(18)2/h3-13,22H,1-2H3,(H,23,24). The van der Waals surface area contributed by atoms with Gasteiger partial charge in [0.25, 0.3) is 5.91 Å². The largest absolute Gasteiger partial charge is 0.354 e. The maximum absolute atomic E-state index is 12.3. The van der Waals surface area contributed by atoms with E-state index in [0.717, 1.165) is 22.6 Å². The maximum atomic E-state index is 12.3. The Morgan fingerprint density at radius 1 is 0.875 bits per heavy atom. The smallest absolute Gasteiger partial charge is 0.274 e. The molecule has 0 unspecified atom stereocenters. The fourth-order valence-electron chi connectivity index (χ4n) is 2.31. The number of rotatable bonds is 4. The molecule has 0 spiro atoms. The van der Waals surface area contributed by atoms with Crippen LogP contribution in [0, 0.1) is 13.8 Å². The number of benzene rings is 2. The minimum absolute atomic E-state index is 0.216. The van der Waals surface area contributed by atoms with Gasteiger partial charge in [-0.15, -0.1) is 0 Å². The molecule has 1 aromatic heterocycles. The van der Waals surface area contributed by atoms with Crippen molar-refractivity contribution >= 4 is 23.0 Å². The zero-order valence-corrected chi connectivity index (χ0v) is 13.7. The van der Waals surface area contributed by atoms with E-state index in [-0.39, 0.29) is 5.91 Å². The van der Waals surface area contributed by atoms with Gasteiger partial charge in [0.2, 0.25) is 0 Å². The second-order valence-corrected chi connectivity index (χ2v) is 5.69. The third kappa shape index (κ3) is 3.79. The molecule has 0 fully saturated rings. The van der Waals surface area contributed by atoms with E-state index in [9.17, 15) is 4.79 Å². The molecule has 1 heterocycles. The molecule has 0 aliphatic heterocycles. The lowest BCUT2D eigenvalue weighted by atomic mass is 10.2. The van der Waals surface area contributed by atoms with Gasteiger partial charge in [-0.1, -0.05) is 35.9 Å². The van der Waals surface area contributed by atoms with Crippen LogP contribution >= 0.6 is 0 Å². The van der Waals surface area contributed by atoms with Gasteiger partial charge >= 0.3 is 0 Å². The third-order valence-corrected chi connectivity index (χ3v) is 3.73. The van der Waals surface area contributed by atoms with Crippen molar-refractivity contribution in [3.05, 3.63) is 83.7 Å². The second kappa shape index (κ2) is 6.96. The van der Waals surface area contributed by atoms with Crippen LogP contribution in [0.1, 0.15) is 21.6 Å². The van der Waals surface area contributed by atoms with Crippen molar-refractivity contribution < 1.29 is 4.79 Å². The monoisotopic (exact) mass is 317 g/mol. The highest BCUT2D eigenvalue weighted by Crippen LogP contribution is 2.17.